The molecule has 0 spiro atoms. The number of aryl methyl sites for hydroxylation is 1. The van der Waals surface area contributed by atoms with Crippen LogP contribution in [-0.2, 0) is 22.7 Å². The number of hydrogen-bond acceptors (Lipinski definition) is 6. The van der Waals surface area contributed by atoms with E-state index in [4.69, 9.17) is 9.47 Å². The molecular formula is C32H31N5O4. The summed E-state index contributed by atoms with van der Waals surface area (Å²) >= 11 is 0. The van der Waals surface area contributed by atoms with E-state index in [9.17, 15) is 9.59 Å². The average molecular weight is 550 g/mol. The second-order valence-corrected chi connectivity index (χ2v) is 9.50. The highest BCUT2D eigenvalue weighted by Gasteiger charge is 2.36. The molecule has 2 amide bonds. The molecule has 0 aliphatic heterocycles. The molecule has 1 heterocycles. The molecule has 9 heteroatoms. The van der Waals surface area contributed by atoms with Gasteiger partial charge in [-0.05, 0) is 47.9 Å². The molecule has 9 nitrogen and oxygen atoms in total. The number of aromatic nitrogens is 3. The summed E-state index contributed by atoms with van der Waals surface area (Å²) in [6.07, 6.45) is 0. The van der Waals surface area contributed by atoms with Crippen molar-refractivity contribution in [3.05, 3.63) is 114 Å². The number of nitrogens with one attached hydrogen (secondary N) is 1. The minimum absolute atomic E-state index is 0.158. The number of benzene rings is 4. The van der Waals surface area contributed by atoms with Gasteiger partial charge in [-0.1, -0.05) is 71.9 Å². The molecule has 0 saturated carbocycles. The van der Waals surface area contributed by atoms with Gasteiger partial charge in [-0.25, -0.2) is 4.68 Å². The summed E-state index contributed by atoms with van der Waals surface area (Å²) in [5.41, 5.74) is 4.25. The first-order valence-electron chi connectivity index (χ1n) is 13.2. The highest BCUT2D eigenvalue weighted by atomic mass is 16.5. The van der Waals surface area contributed by atoms with Crippen molar-refractivity contribution < 1.29 is 19.1 Å². The van der Waals surface area contributed by atoms with Crippen molar-refractivity contribution in [3.8, 4) is 11.5 Å². The number of para-hydroxylation sites is 1. The Balaban J connectivity index is 1.63. The Kier molecular flexibility index (Phi) is 8.24. The van der Waals surface area contributed by atoms with Gasteiger partial charge in [-0.2, -0.15) is 0 Å². The summed E-state index contributed by atoms with van der Waals surface area (Å²) in [6, 6.07) is 28.7. The SMILES string of the molecule is COc1ccc(OC)c(N(C(=O)Cn2nnc3ccccc32)[C@@H](C(=O)NCc2ccccc2)c2ccccc2C)c1. The molecule has 0 unspecified atom stereocenters. The fourth-order valence-electron chi connectivity index (χ4n) is 4.81. The Bertz CT molecular complexity index is 1670. The molecule has 0 radical (unpaired) electrons. The van der Waals surface area contributed by atoms with E-state index in [2.05, 4.69) is 15.6 Å². The van der Waals surface area contributed by atoms with Crippen molar-refractivity contribution in [2.45, 2.75) is 26.1 Å². The van der Waals surface area contributed by atoms with Gasteiger partial charge >= 0.3 is 0 Å². The van der Waals surface area contributed by atoms with Crippen molar-refractivity contribution in [1.29, 1.82) is 0 Å². The lowest BCUT2D eigenvalue weighted by Gasteiger charge is -2.33. The van der Waals surface area contributed by atoms with Crippen LogP contribution in [-0.4, -0.2) is 41.0 Å². The maximum atomic E-state index is 14.4. The van der Waals surface area contributed by atoms with Crippen LogP contribution in [0.15, 0.2) is 97.1 Å². The van der Waals surface area contributed by atoms with Gasteiger partial charge in [0.2, 0.25) is 11.8 Å². The van der Waals surface area contributed by atoms with Crippen LogP contribution in [0, 0.1) is 6.92 Å². The van der Waals surface area contributed by atoms with Gasteiger partial charge in [0.25, 0.3) is 0 Å². The summed E-state index contributed by atoms with van der Waals surface area (Å²) < 4.78 is 12.7. The molecule has 0 bridgehead atoms. The van der Waals surface area contributed by atoms with Gasteiger partial charge < -0.3 is 14.8 Å². The highest BCUT2D eigenvalue weighted by molar-refractivity contribution is 6.03. The van der Waals surface area contributed by atoms with E-state index < -0.39 is 6.04 Å². The molecule has 1 atom stereocenters. The van der Waals surface area contributed by atoms with E-state index >= 15 is 0 Å². The zero-order valence-electron chi connectivity index (χ0n) is 23.2. The molecule has 5 aromatic rings. The molecule has 1 N–H and O–H groups in total. The van der Waals surface area contributed by atoms with E-state index in [1.165, 1.54) is 16.7 Å². The number of nitrogens with zero attached hydrogens (tertiary/aromatic N) is 4. The normalized spacial score (nSPS) is 11.6. The largest absolute Gasteiger partial charge is 0.497 e. The zero-order valence-corrected chi connectivity index (χ0v) is 23.2. The van der Waals surface area contributed by atoms with Crippen molar-refractivity contribution in [2.75, 3.05) is 19.1 Å². The van der Waals surface area contributed by atoms with Gasteiger partial charge in [0.1, 0.15) is 29.6 Å². The minimum atomic E-state index is -1.02. The molecule has 1 aromatic heterocycles. The number of carbonyl (C=O) groups is 2. The molecule has 41 heavy (non-hydrogen) atoms. The first-order valence-corrected chi connectivity index (χ1v) is 13.2. The number of carbonyl (C=O) groups excluding carboxylic acids is 2. The van der Waals surface area contributed by atoms with E-state index in [1.807, 2.05) is 85.8 Å². The van der Waals surface area contributed by atoms with Crippen LogP contribution >= 0.6 is 0 Å². The molecule has 5 rings (SSSR count). The Morgan fingerprint density at radius 2 is 1.63 bits per heavy atom. The van der Waals surface area contributed by atoms with E-state index in [-0.39, 0.29) is 18.4 Å². The molecular weight excluding hydrogens is 518 g/mol. The van der Waals surface area contributed by atoms with Crippen LogP contribution in [0.25, 0.3) is 11.0 Å². The maximum absolute atomic E-state index is 14.4. The fourth-order valence-corrected chi connectivity index (χ4v) is 4.81. The highest BCUT2D eigenvalue weighted by Crippen LogP contribution is 2.38. The van der Waals surface area contributed by atoms with Crippen LogP contribution in [0.4, 0.5) is 5.69 Å². The number of rotatable bonds is 10. The summed E-state index contributed by atoms with van der Waals surface area (Å²) in [5.74, 6) is 0.204. The average Bonchev–Trinajstić information content (AvgIpc) is 3.41. The Hall–Kier alpha value is -5.18. The lowest BCUT2D eigenvalue weighted by atomic mass is 9.97. The fraction of sp³-hybridized carbons (Fsp3) is 0.188. The number of anilines is 1. The minimum Gasteiger partial charge on any atom is -0.497 e. The lowest BCUT2D eigenvalue weighted by Crippen LogP contribution is -2.45. The molecule has 0 fully saturated rings. The quantitative estimate of drug-likeness (QED) is 0.268. The number of hydrogen-bond donors (Lipinski definition) is 1. The topological polar surface area (TPSA) is 98.6 Å². The summed E-state index contributed by atoms with van der Waals surface area (Å²) in [4.78, 5) is 30.0. The molecule has 0 aliphatic rings. The van der Waals surface area contributed by atoms with E-state index in [0.29, 0.717) is 40.3 Å². The van der Waals surface area contributed by atoms with Crippen LogP contribution in [0.1, 0.15) is 22.7 Å². The lowest BCUT2D eigenvalue weighted by molar-refractivity contribution is -0.127. The summed E-state index contributed by atoms with van der Waals surface area (Å²) in [7, 11) is 3.07. The smallest absolute Gasteiger partial charge is 0.249 e. The second kappa shape index (κ2) is 12.3. The number of ether oxygens (including phenoxy) is 2. The number of methoxy groups -OCH3 is 2. The maximum Gasteiger partial charge on any atom is 0.249 e. The first kappa shape index (κ1) is 27.4. The van der Waals surface area contributed by atoms with E-state index in [0.717, 1.165) is 11.1 Å². The van der Waals surface area contributed by atoms with Gasteiger partial charge in [-0.3, -0.25) is 14.5 Å². The predicted molar refractivity (Wildman–Crippen MR) is 157 cm³/mol. The number of fused-ring (bicyclic) bond motifs is 1. The van der Waals surface area contributed by atoms with Crippen molar-refractivity contribution >= 4 is 28.5 Å². The van der Waals surface area contributed by atoms with Gasteiger partial charge in [0, 0.05) is 12.6 Å². The monoisotopic (exact) mass is 549 g/mol. The third-order valence-corrected chi connectivity index (χ3v) is 6.92. The Labute approximate surface area is 238 Å². The Morgan fingerprint density at radius 1 is 0.902 bits per heavy atom. The van der Waals surface area contributed by atoms with Crippen LogP contribution in [0.2, 0.25) is 0 Å². The number of amides is 2. The Morgan fingerprint density at radius 3 is 2.39 bits per heavy atom. The van der Waals surface area contributed by atoms with Gasteiger partial charge in [-0.15, -0.1) is 5.10 Å². The summed E-state index contributed by atoms with van der Waals surface area (Å²) in [5, 5.41) is 11.5. The molecule has 4 aromatic carbocycles. The molecule has 0 saturated heterocycles. The third-order valence-electron chi connectivity index (χ3n) is 6.92. The van der Waals surface area contributed by atoms with E-state index in [1.54, 1.807) is 25.3 Å². The second-order valence-electron chi connectivity index (χ2n) is 9.50. The molecule has 208 valence electrons. The van der Waals surface area contributed by atoms with Crippen LogP contribution in [0.3, 0.4) is 0 Å². The first-order chi connectivity index (χ1) is 20.0. The zero-order chi connectivity index (χ0) is 28.8. The predicted octanol–water partition coefficient (Wildman–Crippen LogP) is 4.85. The standard InChI is InChI=1S/C32H31N5O4/c1-22-11-7-8-14-25(22)31(32(39)33-20-23-12-5-4-6-13-23)37(28-19-24(40-2)17-18-29(28)41-3)30(38)21-36-27-16-10-9-15-26(27)34-35-36/h4-19,31H,20-21H2,1-3H3,(H,33,39)/t31-/m1/s1. The van der Waals surface area contributed by atoms with Crippen LogP contribution in [0.5, 0.6) is 11.5 Å². The summed E-state index contributed by atoms with van der Waals surface area (Å²) in [6.45, 7) is 2.06. The third kappa shape index (κ3) is 5.89. The van der Waals surface area contributed by atoms with Crippen LogP contribution < -0.4 is 19.7 Å². The van der Waals surface area contributed by atoms with Gasteiger partial charge in [0.15, 0.2) is 0 Å². The van der Waals surface area contributed by atoms with Crippen molar-refractivity contribution in [2.24, 2.45) is 0 Å². The molecule has 0 aliphatic carbocycles. The van der Waals surface area contributed by atoms with Crippen molar-refractivity contribution in [3.63, 3.8) is 0 Å². The van der Waals surface area contributed by atoms with Gasteiger partial charge in [0.05, 0.1) is 25.4 Å². The van der Waals surface area contributed by atoms with Crippen molar-refractivity contribution in [1.82, 2.24) is 20.3 Å².